The molecule has 1 aliphatic heterocycles. The van der Waals surface area contributed by atoms with Gasteiger partial charge >= 0.3 is 6.03 Å². The zero-order valence-electron chi connectivity index (χ0n) is 14.4. The van der Waals surface area contributed by atoms with Gasteiger partial charge in [0.05, 0.1) is 17.9 Å². The maximum atomic E-state index is 12.3. The fourth-order valence-electron chi connectivity index (χ4n) is 3.41. The van der Waals surface area contributed by atoms with Gasteiger partial charge in [-0.25, -0.2) is 4.79 Å². The van der Waals surface area contributed by atoms with Gasteiger partial charge in [0.2, 0.25) is 0 Å². The van der Waals surface area contributed by atoms with E-state index >= 15 is 0 Å². The van der Waals surface area contributed by atoms with Crippen LogP contribution in [0.25, 0.3) is 10.8 Å². The summed E-state index contributed by atoms with van der Waals surface area (Å²) in [4.78, 5) is 14.5. The Bertz CT molecular complexity index is 869. The number of aromatic nitrogens is 2. The van der Waals surface area contributed by atoms with Crippen molar-refractivity contribution in [3.8, 4) is 0 Å². The van der Waals surface area contributed by atoms with E-state index in [0.29, 0.717) is 6.54 Å². The molecule has 0 unspecified atom stereocenters. The van der Waals surface area contributed by atoms with Gasteiger partial charge in [0, 0.05) is 25.7 Å². The number of urea groups is 1. The van der Waals surface area contributed by atoms with Gasteiger partial charge in [-0.2, -0.15) is 8.75 Å². The molecule has 4 rings (SSSR count). The molecule has 2 amide bonds. The summed E-state index contributed by atoms with van der Waals surface area (Å²) in [5.74, 6) is 0.939. The van der Waals surface area contributed by atoms with Crippen LogP contribution < -0.4 is 15.5 Å². The van der Waals surface area contributed by atoms with Gasteiger partial charge in [-0.15, -0.1) is 0 Å². The number of rotatable bonds is 4. The van der Waals surface area contributed by atoms with Crippen LogP contribution >= 0.6 is 11.7 Å². The summed E-state index contributed by atoms with van der Waals surface area (Å²) >= 11 is 1.23. The second-order valence-electron chi connectivity index (χ2n) is 6.49. The van der Waals surface area contributed by atoms with Gasteiger partial charge in [-0.3, -0.25) is 0 Å². The number of hydrogen-bond acceptors (Lipinski definition) is 5. The Morgan fingerprint density at radius 3 is 2.77 bits per heavy atom. The van der Waals surface area contributed by atoms with Crippen LogP contribution in [-0.2, 0) is 6.54 Å². The van der Waals surface area contributed by atoms with Gasteiger partial charge < -0.3 is 15.5 Å². The number of piperidine rings is 1. The Labute approximate surface area is 156 Å². The predicted molar refractivity (Wildman–Crippen MR) is 104 cm³/mol. The second-order valence-corrected chi connectivity index (χ2v) is 7.05. The quantitative estimate of drug-likeness (QED) is 0.743. The van der Waals surface area contributed by atoms with E-state index in [9.17, 15) is 4.79 Å². The molecule has 2 aromatic carbocycles. The molecule has 0 spiro atoms. The summed E-state index contributed by atoms with van der Waals surface area (Å²) in [5, 5.41) is 8.46. The van der Waals surface area contributed by atoms with Crippen LogP contribution in [0.1, 0.15) is 18.4 Å². The highest BCUT2D eigenvalue weighted by molar-refractivity contribution is 6.99. The minimum atomic E-state index is -0.105. The van der Waals surface area contributed by atoms with Crippen molar-refractivity contribution in [2.75, 3.05) is 18.0 Å². The summed E-state index contributed by atoms with van der Waals surface area (Å²) < 4.78 is 8.32. The van der Waals surface area contributed by atoms with Crippen LogP contribution in [0.15, 0.2) is 48.7 Å². The number of carbonyl (C=O) groups excluding carboxylic acids is 1. The van der Waals surface area contributed by atoms with Crippen LogP contribution in [-0.4, -0.2) is 33.9 Å². The molecule has 2 heterocycles. The van der Waals surface area contributed by atoms with Crippen LogP contribution in [0, 0.1) is 0 Å². The molecule has 0 saturated carbocycles. The van der Waals surface area contributed by atoms with Crippen molar-refractivity contribution in [1.82, 2.24) is 19.4 Å². The number of benzene rings is 2. The topological polar surface area (TPSA) is 70.2 Å². The molecule has 3 aromatic rings. The number of nitrogens with one attached hydrogen (secondary N) is 2. The molecule has 6 nitrogen and oxygen atoms in total. The molecule has 7 heteroatoms. The van der Waals surface area contributed by atoms with E-state index in [1.54, 1.807) is 6.20 Å². The lowest BCUT2D eigenvalue weighted by Gasteiger charge is -2.32. The summed E-state index contributed by atoms with van der Waals surface area (Å²) in [7, 11) is 0. The zero-order chi connectivity index (χ0) is 17.8. The summed E-state index contributed by atoms with van der Waals surface area (Å²) in [6.45, 7) is 2.30. The highest BCUT2D eigenvalue weighted by Gasteiger charge is 2.21. The third-order valence-electron chi connectivity index (χ3n) is 4.82. The smallest absolute Gasteiger partial charge is 0.315 e. The number of carbonyl (C=O) groups is 1. The van der Waals surface area contributed by atoms with Crippen molar-refractivity contribution in [1.29, 1.82) is 0 Å². The first kappa shape index (κ1) is 16.8. The molecule has 1 aromatic heterocycles. The largest absolute Gasteiger partial charge is 0.354 e. The van der Waals surface area contributed by atoms with Gasteiger partial charge in [-0.05, 0) is 29.2 Å². The Balaban J connectivity index is 1.28. The van der Waals surface area contributed by atoms with E-state index in [1.165, 1.54) is 22.5 Å². The van der Waals surface area contributed by atoms with Crippen molar-refractivity contribution in [3.63, 3.8) is 0 Å². The minimum absolute atomic E-state index is 0.105. The highest BCUT2D eigenvalue weighted by Crippen LogP contribution is 2.19. The summed E-state index contributed by atoms with van der Waals surface area (Å²) in [6, 6.07) is 14.5. The molecule has 1 fully saturated rings. The maximum Gasteiger partial charge on any atom is 0.315 e. The maximum absolute atomic E-state index is 12.3. The number of anilines is 1. The predicted octanol–water partition coefficient (Wildman–Crippen LogP) is 3.16. The van der Waals surface area contributed by atoms with Gasteiger partial charge in [0.1, 0.15) is 0 Å². The molecule has 134 valence electrons. The van der Waals surface area contributed by atoms with Crippen molar-refractivity contribution in [2.24, 2.45) is 0 Å². The first-order valence-electron chi connectivity index (χ1n) is 8.83. The molecule has 26 heavy (non-hydrogen) atoms. The molecule has 0 bridgehead atoms. The number of amides is 2. The summed E-state index contributed by atoms with van der Waals surface area (Å²) in [6.07, 6.45) is 3.63. The number of nitrogens with zero attached hydrogens (tertiary/aromatic N) is 3. The van der Waals surface area contributed by atoms with Crippen LogP contribution in [0.3, 0.4) is 0 Å². The molecule has 1 aliphatic rings. The lowest BCUT2D eigenvalue weighted by atomic mass is 10.0. The Hall–Kier alpha value is -2.67. The van der Waals surface area contributed by atoms with E-state index in [1.807, 2.05) is 18.2 Å². The average Bonchev–Trinajstić information content (AvgIpc) is 3.22. The summed E-state index contributed by atoms with van der Waals surface area (Å²) in [5.41, 5.74) is 1.13. The SMILES string of the molecule is O=C(NCc1cccc2ccccc12)NC1CCN(c2cnsn2)CC1. The fraction of sp³-hybridized carbons (Fsp3) is 0.316. The highest BCUT2D eigenvalue weighted by atomic mass is 32.1. The monoisotopic (exact) mass is 367 g/mol. The van der Waals surface area contributed by atoms with Crippen molar-refractivity contribution >= 4 is 34.3 Å². The fourth-order valence-corrected chi connectivity index (χ4v) is 3.85. The van der Waals surface area contributed by atoms with E-state index in [0.717, 1.165) is 37.3 Å². The zero-order valence-corrected chi connectivity index (χ0v) is 15.2. The first-order valence-corrected chi connectivity index (χ1v) is 9.56. The van der Waals surface area contributed by atoms with E-state index in [4.69, 9.17) is 0 Å². The lowest BCUT2D eigenvalue weighted by molar-refractivity contribution is 0.234. The van der Waals surface area contributed by atoms with E-state index < -0.39 is 0 Å². The Morgan fingerprint density at radius 1 is 1.15 bits per heavy atom. The third-order valence-corrected chi connectivity index (χ3v) is 5.29. The number of hydrogen-bond donors (Lipinski definition) is 2. The second kappa shape index (κ2) is 7.70. The molecule has 0 radical (unpaired) electrons. The molecular formula is C19H21N5OS. The normalized spacial score (nSPS) is 15.2. The number of fused-ring (bicyclic) bond motifs is 1. The van der Waals surface area contributed by atoms with Crippen molar-refractivity contribution in [2.45, 2.75) is 25.4 Å². The molecule has 0 atom stereocenters. The van der Waals surface area contributed by atoms with Crippen molar-refractivity contribution < 1.29 is 4.79 Å². The van der Waals surface area contributed by atoms with Crippen LogP contribution in [0.2, 0.25) is 0 Å². The van der Waals surface area contributed by atoms with Crippen molar-refractivity contribution in [3.05, 3.63) is 54.2 Å². The molecule has 1 saturated heterocycles. The average molecular weight is 367 g/mol. The minimum Gasteiger partial charge on any atom is -0.354 e. The van der Waals surface area contributed by atoms with Gasteiger partial charge in [0.15, 0.2) is 5.82 Å². The third kappa shape index (κ3) is 3.77. The molecule has 2 N–H and O–H groups in total. The molecule has 0 aliphatic carbocycles. The lowest BCUT2D eigenvalue weighted by Crippen LogP contribution is -2.47. The van der Waals surface area contributed by atoms with Crippen LogP contribution in [0.5, 0.6) is 0 Å². The van der Waals surface area contributed by atoms with Gasteiger partial charge in [0.25, 0.3) is 0 Å². The first-order chi connectivity index (χ1) is 12.8. The van der Waals surface area contributed by atoms with E-state index in [2.05, 4.69) is 48.5 Å². The van der Waals surface area contributed by atoms with E-state index in [-0.39, 0.29) is 12.1 Å². The Kier molecular flexibility index (Phi) is 4.97. The standard InChI is InChI=1S/C19H21N5OS/c25-19(20-12-15-6-3-5-14-4-1-2-7-17(14)15)22-16-8-10-24(11-9-16)18-13-21-26-23-18/h1-7,13,16H,8-12H2,(H2,20,22,25). The van der Waals surface area contributed by atoms with Gasteiger partial charge in [-0.1, -0.05) is 42.5 Å². The molecular weight excluding hydrogens is 346 g/mol. The Morgan fingerprint density at radius 2 is 1.96 bits per heavy atom. The van der Waals surface area contributed by atoms with Crippen LogP contribution in [0.4, 0.5) is 10.6 Å².